The van der Waals surface area contributed by atoms with Gasteiger partial charge >= 0.3 is 0 Å². The molecule has 1 aromatic carbocycles. The number of likely N-dealkylation sites (N-methyl/N-ethyl adjacent to an activating group) is 1. The van der Waals surface area contributed by atoms with E-state index in [-0.39, 0.29) is 5.69 Å². The first-order valence-corrected chi connectivity index (χ1v) is 7.84. The van der Waals surface area contributed by atoms with E-state index in [9.17, 15) is 14.7 Å². The van der Waals surface area contributed by atoms with Gasteiger partial charge in [-0.05, 0) is 19.2 Å². The molecular formula is C17H20N4O3. The van der Waals surface area contributed by atoms with Gasteiger partial charge < -0.3 is 14.9 Å². The number of hydrogen-bond donors (Lipinski definition) is 1. The number of aromatic hydroxyl groups is 1. The number of rotatable bonds is 3. The molecular weight excluding hydrogens is 308 g/mol. The standard InChI is InChI=1S/C17H20N4O3/c1-12(22)16-17(24)15(23)11-21(18-16)14-6-4-3-5-13(14)20-9-7-19(2)8-10-20/h3-6,11,23H,7-10H2,1-2H3. The third kappa shape index (κ3) is 3.03. The minimum atomic E-state index is -0.740. The van der Waals surface area contributed by atoms with Gasteiger partial charge in [-0.25, -0.2) is 4.68 Å². The van der Waals surface area contributed by atoms with Gasteiger partial charge in [0.2, 0.25) is 0 Å². The van der Waals surface area contributed by atoms with Crippen LogP contribution in [0.4, 0.5) is 5.69 Å². The van der Waals surface area contributed by atoms with Crippen molar-refractivity contribution in [3.05, 3.63) is 46.4 Å². The monoisotopic (exact) mass is 328 g/mol. The van der Waals surface area contributed by atoms with Crippen molar-refractivity contribution in [3.8, 4) is 11.4 Å². The number of anilines is 1. The maximum atomic E-state index is 11.9. The van der Waals surface area contributed by atoms with Crippen molar-refractivity contribution in [3.63, 3.8) is 0 Å². The van der Waals surface area contributed by atoms with Crippen molar-refractivity contribution in [2.24, 2.45) is 0 Å². The predicted octanol–water partition coefficient (Wildman–Crippen LogP) is 0.893. The van der Waals surface area contributed by atoms with E-state index in [4.69, 9.17) is 0 Å². The molecule has 0 bridgehead atoms. The minimum Gasteiger partial charge on any atom is -0.503 e. The number of ketones is 1. The van der Waals surface area contributed by atoms with Crippen molar-refractivity contribution >= 4 is 11.5 Å². The van der Waals surface area contributed by atoms with E-state index in [0.29, 0.717) is 0 Å². The molecule has 0 spiro atoms. The van der Waals surface area contributed by atoms with Gasteiger partial charge in [0.15, 0.2) is 17.2 Å². The van der Waals surface area contributed by atoms with E-state index >= 15 is 0 Å². The van der Waals surface area contributed by atoms with Gasteiger partial charge in [0, 0.05) is 33.1 Å². The first kappa shape index (κ1) is 16.2. The number of nitrogens with zero attached hydrogens (tertiary/aromatic N) is 4. The number of para-hydroxylation sites is 2. The van der Waals surface area contributed by atoms with Crippen LogP contribution in [-0.4, -0.2) is 58.8 Å². The fourth-order valence-electron chi connectivity index (χ4n) is 2.80. The molecule has 2 aromatic rings. The Morgan fingerprint density at radius 3 is 2.38 bits per heavy atom. The third-order valence-electron chi connectivity index (χ3n) is 4.21. The summed E-state index contributed by atoms with van der Waals surface area (Å²) in [5.41, 5.74) is 0.675. The zero-order chi connectivity index (χ0) is 17.3. The van der Waals surface area contributed by atoms with Crippen molar-refractivity contribution < 1.29 is 9.90 Å². The number of Topliss-reactive ketones (excluding diaryl/α,β-unsaturated/α-hetero) is 1. The molecule has 24 heavy (non-hydrogen) atoms. The van der Waals surface area contributed by atoms with Gasteiger partial charge in [0.05, 0.1) is 17.6 Å². The summed E-state index contributed by atoms with van der Waals surface area (Å²) in [7, 11) is 2.09. The summed E-state index contributed by atoms with van der Waals surface area (Å²) in [6.45, 7) is 4.92. The SMILES string of the molecule is CC(=O)c1nn(-c2ccccc2N2CCN(C)CC2)cc(O)c1=O. The normalized spacial score (nSPS) is 15.5. The van der Waals surface area contributed by atoms with Crippen LogP contribution in [0.15, 0.2) is 35.3 Å². The van der Waals surface area contributed by atoms with Gasteiger partial charge in [-0.1, -0.05) is 12.1 Å². The van der Waals surface area contributed by atoms with Crippen LogP contribution in [-0.2, 0) is 0 Å². The van der Waals surface area contributed by atoms with Gasteiger partial charge in [0.1, 0.15) is 0 Å². The summed E-state index contributed by atoms with van der Waals surface area (Å²) in [5, 5.41) is 14.0. The third-order valence-corrected chi connectivity index (χ3v) is 4.21. The van der Waals surface area contributed by atoms with Crippen molar-refractivity contribution in [2.75, 3.05) is 38.1 Å². The van der Waals surface area contributed by atoms with Crippen molar-refractivity contribution in [1.29, 1.82) is 0 Å². The van der Waals surface area contributed by atoms with E-state index in [1.807, 2.05) is 24.3 Å². The maximum Gasteiger partial charge on any atom is 0.252 e. The minimum absolute atomic E-state index is 0.261. The average molecular weight is 328 g/mol. The molecule has 3 rings (SSSR count). The summed E-state index contributed by atoms with van der Waals surface area (Å²) in [4.78, 5) is 28.0. The highest BCUT2D eigenvalue weighted by Gasteiger charge is 2.19. The molecule has 0 saturated carbocycles. The smallest absolute Gasteiger partial charge is 0.252 e. The molecule has 1 aliphatic rings. The van der Waals surface area contributed by atoms with Crippen LogP contribution >= 0.6 is 0 Å². The molecule has 0 aliphatic carbocycles. The molecule has 0 amide bonds. The lowest BCUT2D eigenvalue weighted by atomic mass is 10.2. The topological polar surface area (TPSA) is 78.7 Å². The van der Waals surface area contributed by atoms with Crippen LogP contribution < -0.4 is 10.3 Å². The molecule has 1 fully saturated rings. The Morgan fingerprint density at radius 2 is 1.75 bits per heavy atom. The number of piperazine rings is 1. The summed E-state index contributed by atoms with van der Waals surface area (Å²) in [5.74, 6) is -0.954. The fraction of sp³-hybridized carbons (Fsp3) is 0.353. The molecule has 0 atom stereocenters. The maximum absolute atomic E-state index is 11.9. The fourth-order valence-corrected chi connectivity index (χ4v) is 2.80. The van der Waals surface area contributed by atoms with E-state index < -0.39 is 17.0 Å². The van der Waals surface area contributed by atoms with Crippen LogP contribution in [0.5, 0.6) is 5.75 Å². The quantitative estimate of drug-likeness (QED) is 0.843. The zero-order valence-corrected chi connectivity index (χ0v) is 13.8. The lowest BCUT2D eigenvalue weighted by molar-refractivity contribution is 0.100. The van der Waals surface area contributed by atoms with Gasteiger partial charge in [-0.15, -0.1) is 0 Å². The summed E-state index contributed by atoms with van der Waals surface area (Å²) in [6.07, 6.45) is 1.25. The van der Waals surface area contributed by atoms with E-state index in [0.717, 1.165) is 37.6 Å². The van der Waals surface area contributed by atoms with Gasteiger partial charge in [0.25, 0.3) is 5.43 Å². The first-order chi connectivity index (χ1) is 11.5. The molecule has 7 nitrogen and oxygen atoms in total. The second-order valence-corrected chi connectivity index (χ2v) is 5.97. The average Bonchev–Trinajstić information content (AvgIpc) is 2.57. The van der Waals surface area contributed by atoms with Crippen molar-refractivity contribution in [2.45, 2.75) is 6.92 Å². The second kappa shape index (κ2) is 6.45. The Labute approximate surface area is 139 Å². The predicted molar refractivity (Wildman–Crippen MR) is 91.2 cm³/mol. The molecule has 0 unspecified atom stereocenters. The highest BCUT2D eigenvalue weighted by molar-refractivity contribution is 5.92. The van der Waals surface area contributed by atoms with Gasteiger partial charge in [-0.2, -0.15) is 5.10 Å². The summed E-state index contributed by atoms with van der Waals surface area (Å²) in [6, 6.07) is 7.63. The van der Waals surface area contributed by atoms with E-state index in [1.54, 1.807) is 0 Å². The summed E-state index contributed by atoms with van der Waals surface area (Å²) < 4.78 is 1.40. The highest BCUT2D eigenvalue weighted by atomic mass is 16.3. The number of hydrogen-bond acceptors (Lipinski definition) is 6. The van der Waals surface area contributed by atoms with Crippen LogP contribution in [0.25, 0.3) is 5.69 Å². The Morgan fingerprint density at radius 1 is 1.12 bits per heavy atom. The van der Waals surface area contributed by atoms with Crippen LogP contribution in [0, 0.1) is 0 Å². The molecule has 0 radical (unpaired) electrons. The van der Waals surface area contributed by atoms with Crippen LogP contribution in [0.2, 0.25) is 0 Å². The van der Waals surface area contributed by atoms with E-state index in [1.165, 1.54) is 17.8 Å². The number of carbonyl (C=O) groups is 1. The van der Waals surface area contributed by atoms with Crippen LogP contribution in [0.3, 0.4) is 0 Å². The van der Waals surface area contributed by atoms with Crippen LogP contribution in [0.1, 0.15) is 17.4 Å². The Kier molecular flexibility index (Phi) is 4.35. The molecule has 1 aliphatic heterocycles. The second-order valence-electron chi connectivity index (χ2n) is 5.97. The lowest BCUT2D eigenvalue weighted by Gasteiger charge is -2.35. The van der Waals surface area contributed by atoms with Crippen molar-refractivity contribution in [1.82, 2.24) is 14.7 Å². The number of aromatic nitrogens is 2. The molecule has 1 aromatic heterocycles. The Bertz CT molecular complexity index is 823. The molecule has 1 N–H and O–H groups in total. The molecule has 2 heterocycles. The summed E-state index contributed by atoms with van der Waals surface area (Å²) >= 11 is 0. The first-order valence-electron chi connectivity index (χ1n) is 7.84. The Hall–Kier alpha value is -2.67. The molecule has 1 saturated heterocycles. The zero-order valence-electron chi connectivity index (χ0n) is 13.8. The number of carbonyl (C=O) groups excluding carboxylic acids is 1. The highest BCUT2D eigenvalue weighted by Crippen LogP contribution is 2.25. The Balaban J connectivity index is 2.08. The lowest BCUT2D eigenvalue weighted by Crippen LogP contribution is -2.44. The molecule has 126 valence electrons. The molecule has 7 heteroatoms. The number of benzene rings is 1. The largest absolute Gasteiger partial charge is 0.503 e. The van der Waals surface area contributed by atoms with E-state index in [2.05, 4.69) is 21.9 Å². The van der Waals surface area contributed by atoms with Gasteiger partial charge in [-0.3, -0.25) is 9.59 Å².